The molecule has 0 aliphatic heterocycles. The van der Waals surface area contributed by atoms with Crippen molar-refractivity contribution in [3.63, 3.8) is 0 Å². The molecule has 5 nitrogen and oxygen atoms in total. The highest BCUT2D eigenvalue weighted by Gasteiger charge is 2.25. The van der Waals surface area contributed by atoms with Crippen molar-refractivity contribution in [2.75, 3.05) is 13.7 Å². The number of carboxylic acids is 1. The highest BCUT2D eigenvalue weighted by molar-refractivity contribution is 9.10. The number of methoxy groups -OCH3 is 1. The maximum absolute atomic E-state index is 11.0. The fraction of sp³-hybridized carbons (Fsp3) is 0.588. The van der Waals surface area contributed by atoms with Gasteiger partial charge in [-0.25, -0.2) is 0 Å². The van der Waals surface area contributed by atoms with Crippen LogP contribution in [0.3, 0.4) is 0 Å². The molecule has 0 heterocycles. The standard InChI is InChI=1S/C17H24BrNO4/c1-3-23-16-14(18)8-11(9-15(16)22-2)10-19-13-6-4-12(5-7-13)17(20)21/h8-9,12-13,19H,3-7,10H2,1-2H3,(H,20,21). The lowest BCUT2D eigenvalue weighted by molar-refractivity contribution is -0.142. The second-order valence-electron chi connectivity index (χ2n) is 5.81. The summed E-state index contributed by atoms with van der Waals surface area (Å²) < 4.78 is 11.9. The highest BCUT2D eigenvalue weighted by Crippen LogP contribution is 2.36. The Hall–Kier alpha value is -1.27. The van der Waals surface area contributed by atoms with Crippen molar-refractivity contribution >= 4 is 21.9 Å². The summed E-state index contributed by atoms with van der Waals surface area (Å²) in [5.74, 6) is 0.602. The number of halogens is 1. The van der Waals surface area contributed by atoms with Gasteiger partial charge in [0.15, 0.2) is 11.5 Å². The van der Waals surface area contributed by atoms with E-state index in [4.69, 9.17) is 14.6 Å². The molecule has 1 aliphatic carbocycles. The van der Waals surface area contributed by atoms with Crippen molar-refractivity contribution in [1.29, 1.82) is 0 Å². The van der Waals surface area contributed by atoms with Gasteiger partial charge in [-0.3, -0.25) is 4.79 Å². The number of rotatable bonds is 7. The molecule has 0 unspecified atom stereocenters. The van der Waals surface area contributed by atoms with Gasteiger partial charge in [0.2, 0.25) is 0 Å². The van der Waals surface area contributed by atoms with Crippen molar-refractivity contribution in [3.05, 3.63) is 22.2 Å². The maximum Gasteiger partial charge on any atom is 0.306 e. The van der Waals surface area contributed by atoms with Gasteiger partial charge in [-0.1, -0.05) is 0 Å². The van der Waals surface area contributed by atoms with Crippen molar-refractivity contribution in [3.8, 4) is 11.5 Å². The Kier molecular flexibility index (Phi) is 6.72. The van der Waals surface area contributed by atoms with E-state index in [0.29, 0.717) is 18.4 Å². The minimum atomic E-state index is -0.663. The molecule has 128 valence electrons. The predicted molar refractivity (Wildman–Crippen MR) is 92.1 cm³/mol. The van der Waals surface area contributed by atoms with E-state index in [1.54, 1.807) is 7.11 Å². The SMILES string of the molecule is CCOc1c(Br)cc(CNC2CCC(C(=O)O)CC2)cc1OC. The first-order chi connectivity index (χ1) is 11.0. The Morgan fingerprint density at radius 1 is 1.35 bits per heavy atom. The normalized spacial score (nSPS) is 21.0. The molecule has 23 heavy (non-hydrogen) atoms. The van der Waals surface area contributed by atoms with Gasteiger partial charge in [0, 0.05) is 12.6 Å². The molecule has 0 bridgehead atoms. The average Bonchev–Trinajstić information content (AvgIpc) is 2.55. The Morgan fingerprint density at radius 3 is 2.61 bits per heavy atom. The number of carboxylic acid groups (broad SMARTS) is 1. The fourth-order valence-electron chi connectivity index (χ4n) is 2.97. The topological polar surface area (TPSA) is 67.8 Å². The summed E-state index contributed by atoms with van der Waals surface area (Å²) in [6.07, 6.45) is 3.32. The Labute approximate surface area is 145 Å². The second-order valence-corrected chi connectivity index (χ2v) is 6.66. The predicted octanol–water partition coefficient (Wildman–Crippen LogP) is 3.59. The summed E-state index contributed by atoms with van der Waals surface area (Å²) in [5, 5.41) is 12.6. The van der Waals surface area contributed by atoms with Crippen LogP contribution in [-0.2, 0) is 11.3 Å². The van der Waals surface area contributed by atoms with Crippen molar-refractivity contribution in [2.24, 2.45) is 5.92 Å². The van der Waals surface area contributed by atoms with Crippen LogP contribution in [0.2, 0.25) is 0 Å². The van der Waals surface area contributed by atoms with Gasteiger partial charge in [-0.15, -0.1) is 0 Å². The molecule has 1 aromatic carbocycles. The average molecular weight is 386 g/mol. The van der Waals surface area contributed by atoms with Crippen LogP contribution in [0.4, 0.5) is 0 Å². The van der Waals surface area contributed by atoms with Crippen molar-refractivity contribution in [1.82, 2.24) is 5.32 Å². The summed E-state index contributed by atoms with van der Waals surface area (Å²) in [4.78, 5) is 11.0. The van der Waals surface area contributed by atoms with E-state index in [9.17, 15) is 4.79 Å². The fourth-order valence-corrected chi connectivity index (χ4v) is 3.57. The third kappa shape index (κ3) is 4.85. The molecule has 0 spiro atoms. The lowest BCUT2D eigenvalue weighted by Crippen LogP contribution is -2.34. The van der Waals surface area contributed by atoms with Gasteiger partial charge in [0.1, 0.15) is 0 Å². The third-order valence-electron chi connectivity index (χ3n) is 4.25. The molecule has 0 amide bonds. The molecule has 0 aromatic heterocycles. The quantitative estimate of drug-likeness (QED) is 0.750. The second kappa shape index (κ2) is 8.55. The monoisotopic (exact) mass is 385 g/mol. The number of benzene rings is 1. The zero-order chi connectivity index (χ0) is 16.8. The summed E-state index contributed by atoms with van der Waals surface area (Å²) in [6.45, 7) is 3.25. The zero-order valence-corrected chi connectivity index (χ0v) is 15.2. The number of ether oxygens (including phenoxy) is 2. The van der Waals surface area contributed by atoms with Gasteiger partial charge in [0.05, 0.1) is 24.1 Å². The van der Waals surface area contributed by atoms with Gasteiger partial charge >= 0.3 is 5.97 Å². The molecule has 1 saturated carbocycles. The van der Waals surface area contributed by atoms with E-state index in [1.165, 1.54) is 0 Å². The smallest absolute Gasteiger partial charge is 0.306 e. The zero-order valence-electron chi connectivity index (χ0n) is 13.6. The van der Waals surface area contributed by atoms with Crippen molar-refractivity contribution < 1.29 is 19.4 Å². The lowest BCUT2D eigenvalue weighted by atomic mass is 9.86. The lowest BCUT2D eigenvalue weighted by Gasteiger charge is -2.27. The number of hydrogen-bond donors (Lipinski definition) is 2. The molecule has 0 atom stereocenters. The van der Waals surface area contributed by atoms with E-state index in [1.807, 2.05) is 19.1 Å². The summed E-state index contributed by atoms with van der Waals surface area (Å²) >= 11 is 3.53. The molecule has 6 heteroatoms. The molecule has 1 aromatic rings. The van der Waals surface area contributed by atoms with Crippen LogP contribution < -0.4 is 14.8 Å². The number of carbonyl (C=O) groups is 1. The largest absolute Gasteiger partial charge is 0.493 e. The van der Waals surface area contributed by atoms with Gasteiger partial charge in [-0.05, 0) is 66.2 Å². The number of aliphatic carboxylic acids is 1. The third-order valence-corrected chi connectivity index (χ3v) is 4.84. The van der Waals surface area contributed by atoms with Gasteiger partial charge < -0.3 is 19.9 Å². The molecule has 0 radical (unpaired) electrons. The van der Waals surface area contributed by atoms with Gasteiger partial charge in [0.25, 0.3) is 0 Å². The molecular weight excluding hydrogens is 362 g/mol. The van der Waals surface area contributed by atoms with Crippen LogP contribution in [0, 0.1) is 5.92 Å². The molecule has 0 saturated heterocycles. The van der Waals surface area contributed by atoms with E-state index >= 15 is 0 Å². The minimum absolute atomic E-state index is 0.173. The molecule has 1 fully saturated rings. The molecule has 1 aliphatic rings. The number of nitrogens with one attached hydrogen (secondary N) is 1. The van der Waals surface area contributed by atoms with E-state index in [2.05, 4.69) is 21.2 Å². The van der Waals surface area contributed by atoms with Crippen LogP contribution in [-0.4, -0.2) is 30.8 Å². The first-order valence-electron chi connectivity index (χ1n) is 8.00. The molecule has 2 N–H and O–H groups in total. The van der Waals surface area contributed by atoms with Crippen LogP contribution >= 0.6 is 15.9 Å². The Balaban J connectivity index is 1.93. The van der Waals surface area contributed by atoms with E-state index in [0.717, 1.165) is 48.0 Å². The van der Waals surface area contributed by atoms with Crippen LogP contribution in [0.5, 0.6) is 11.5 Å². The highest BCUT2D eigenvalue weighted by atomic mass is 79.9. The first-order valence-corrected chi connectivity index (χ1v) is 8.79. The summed E-state index contributed by atoms with van der Waals surface area (Å²) in [6, 6.07) is 4.39. The van der Waals surface area contributed by atoms with Crippen LogP contribution in [0.25, 0.3) is 0 Å². The minimum Gasteiger partial charge on any atom is -0.493 e. The van der Waals surface area contributed by atoms with E-state index < -0.39 is 5.97 Å². The molecule has 2 rings (SSSR count). The van der Waals surface area contributed by atoms with Crippen LogP contribution in [0.15, 0.2) is 16.6 Å². The van der Waals surface area contributed by atoms with Crippen molar-refractivity contribution in [2.45, 2.75) is 45.2 Å². The van der Waals surface area contributed by atoms with Crippen LogP contribution in [0.1, 0.15) is 38.2 Å². The number of hydrogen-bond acceptors (Lipinski definition) is 4. The summed E-state index contributed by atoms with van der Waals surface area (Å²) in [5.41, 5.74) is 1.11. The van der Waals surface area contributed by atoms with E-state index in [-0.39, 0.29) is 5.92 Å². The van der Waals surface area contributed by atoms with Gasteiger partial charge in [-0.2, -0.15) is 0 Å². The Bertz CT molecular complexity index is 542. The summed E-state index contributed by atoms with van der Waals surface area (Å²) in [7, 11) is 1.63. The molecular formula is C17H24BrNO4. The first kappa shape index (κ1) is 18.1. The maximum atomic E-state index is 11.0. The Morgan fingerprint density at radius 2 is 2.04 bits per heavy atom.